The highest BCUT2D eigenvalue weighted by atomic mass is 16.5. The number of benzene rings is 2. The SMILES string of the molecule is Cc1ccccc1CN1CCCN(C(=O)c2cc(-c3ccccc3)on2)CC1. The molecule has 0 radical (unpaired) electrons. The van der Waals surface area contributed by atoms with Gasteiger partial charge in [-0.3, -0.25) is 9.69 Å². The van der Waals surface area contributed by atoms with E-state index < -0.39 is 0 Å². The van der Waals surface area contributed by atoms with Gasteiger partial charge in [0.15, 0.2) is 11.5 Å². The number of hydrogen-bond acceptors (Lipinski definition) is 4. The van der Waals surface area contributed by atoms with E-state index in [9.17, 15) is 4.79 Å². The lowest BCUT2D eigenvalue weighted by atomic mass is 10.1. The third-order valence-electron chi connectivity index (χ3n) is 5.32. The second kappa shape index (κ2) is 8.40. The summed E-state index contributed by atoms with van der Waals surface area (Å²) >= 11 is 0. The molecule has 1 saturated heterocycles. The predicted octanol–water partition coefficient (Wildman–Crippen LogP) is 4.00. The zero-order chi connectivity index (χ0) is 19.3. The minimum atomic E-state index is -0.0522. The van der Waals surface area contributed by atoms with Gasteiger partial charge in [-0.05, 0) is 24.5 Å². The van der Waals surface area contributed by atoms with Crippen molar-refractivity contribution in [3.05, 3.63) is 77.5 Å². The molecule has 1 fully saturated rings. The van der Waals surface area contributed by atoms with Crippen molar-refractivity contribution in [2.45, 2.75) is 19.9 Å². The van der Waals surface area contributed by atoms with Gasteiger partial charge in [0.2, 0.25) is 0 Å². The van der Waals surface area contributed by atoms with Gasteiger partial charge < -0.3 is 9.42 Å². The lowest BCUT2D eigenvalue weighted by Crippen LogP contribution is -2.35. The second-order valence-corrected chi connectivity index (χ2v) is 7.29. The van der Waals surface area contributed by atoms with E-state index in [-0.39, 0.29) is 5.91 Å². The zero-order valence-corrected chi connectivity index (χ0v) is 16.2. The summed E-state index contributed by atoms with van der Waals surface area (Å²) in [6.45, 7) is 6.39. The molecule has 144 valence electrons. The van der Waals surface area contributed by atoms with Crippen molar-refractivity contribution in [2.24, 2.45) is 0 Å². The molecule has 0 spiro atoms. The van der Waals surface area contributed by atoms with Crippen LogP contribution in [0, 0.1) is 6.92 Å². The molecule has 1 amide bonds. The maximum absolute atomic E-state index is 12.9. The van der Waals surface area contributed by atoms with E-state index in [1.165, 1.54) is 11.1 Å². The number of amides is 1. The van der Waals surface area contributed by atoms with Gasteiger partial charge in [-0.2, -0.15) is 0 Å². The normalized spacial score (nSPS) is 15.4. The maximum atomic E-state index is 12.9. The lowest BCUT2D eigenvalue weighted by Gasteiger charge is -2.22. The summed E-state index contributed by atoms with van der Waals surface area (Å²) in [5.41, 5.74) is 3.97. The van der Waals surface area contributed by atoms with Gasteiger partial charge in [0.1, 0.15) is 0 Å². The Kier molecular flexibility index (Phi) is 5.53. The van der Waals surface area contributed by atoms with Crippen LogP contribution in [0.1, 0.15) is 28.0 Å². The van der Waals surface area contributed by atoms with E-state index in [0.29, 0.717) is 18.0 Å². The van der Waals surface area contributed by atoms with Crippen molar-refractivity contribution in [2.75, 3.05) is 26.2 Å². The van der Waals surface area contributed by atoms with Crippen LogP contribution >= 0.6 is 0 Å². The van der Waals surface area contributed by atoms with Crippen LogP contribution in [0.5, 0.6) is 0 Å². The molecule has 1 aliphatic rings. The highest BCUT2D eigenvalue weighted by Crippen LogP contribution is 2.21. The Labute approximate surface area is 165 Å². The van der Waals surface area contributed by atoms with Crippen LogP contribution in [-0.4, -0.2) is 47.0 Å². The molecule has 0 bridgehead atoms. The van der Waals surface area contributed by atoms with Crippen molar-refractivity contribution in [3.63, 3.8) is 0 Å². The molecule has 0 atom stereocenters. The van der Waals surface area contributed by atoms with Crippen LogP contribution in [0.2, 0.25) is 0 Å². The third-order valence-corrected chi connectivity index (χ3v) is 5.32. The fourth-order valence-corrected chi connectivity index (χ4v) is 3.64. The fourth-order valence-electron chi connectivity index (χ4n) is 3.64. The molecule has 2 aromatic carbocycles. The fraction of sp³-hybridized carbons (Fsp3) is 0.304. The number of carbonyl (C=O) groups excluding carboxylic acids is 1. The van der Waals surface area contributed by atoms with Crippen LogP contribution in [0.4, 0.5) is 0 Å². The summed E-state index contributed by atoms with van der Waals surface area (Å²) in [6, 6.07) is 20.0. The maximum Gasteiger partial charge on any atom is 0.276 e. The van der Waals surface area contributed by atoms with Crippen molar-refractivity contribution < 1.29 is 9.32 Å². The Morgan fingerprint density at radius 2 is 1.79 bits per heavy atom. The Hall–Kier alpha value is -2.92. The summed E-state index contributed by atoms with van der Waals surface area (Å²) in [5, 5.41) is 4.02. The Balaban J connectivity index is 1.40. The molecule has 3 aromatic rings. The van der Waals surface area contributed by atoms with Gasteiger partial charge in [0, 0.05) is 44.4 Å². The van der Waals surface area contributed by atoms with E-state index in [1.807, 2.05) is 35.2 Å². The molecule has 0 aliphatic carbocycles. The average molecular weight is 375 g/mol. The Morgan fingerprint density at radius 3 is 2.61 bits per heavy atom. The molecule has 0 N–H and O–H groups in total. The summed E-state index contributed by atoms with van der Waals surface area (Å²) in [7, 11) is 0. The number of carbonyl (C=O) groups is 1. The van der Waals surface area contributed by atoms with Gasteiger partial charge in [-0.15, -0.1) is 0 Å². The van der Waals surface area contributed by atoms with Gasteiger partial charge in [0.25, 0.3) is 5.91 Å². The quantitative estimate of drug-likeness (QED) is 0.692. The standard InChI is InChI=1S/C23H25N3O2/c1-18-8-5-6-11-20(18)17-25-12-7-13-26(15-14-25)23(27)21-16-22(28-24-21)19-9-3-2-4-10-19/h2-6,8-11,16H,7,12-15,17H2,1H3. The van der Waals surface area contributed by atoms with E-state index >= 15 is 0 Å². The Bertz CT molecular complexity index is 936. The molecule has 5 nitrogen and oxygen atoms in total. The first-order chi connectivity index (χ1) is 13.7. The zero-order valence-electron chi connectivity index (χ0n) is 16.2. The monoisotopic (exact) mass is 375 g/mol. The Morgan fingerprint density at radius 1 is 1.00 bits per heavy atom. The first kappa shape index (κ1) is 18.4. The summed E-state index contributed by atoms with van der Waals surface area (Å²) < 4.78 is 5.40. The number of nitrogens with zero attached hydrogens (tertiary/aromatic N) is 3. The number of aromatic nitrogens is 1. The van der Waals surface area contributed by atoms with Gasteiger partial charge in [-0.1, -0.05) is 59.8 Å². The van der Waals surface area contributed by atoms with Crippen molar-refractivity contribution in [3.8, 4) is 11.3 Å². The molecular weight excluding hydrogens is 350 g/mol. The molecule has 5 heteroatoms. The van der Waals surface area contributed by atoms with Crippen molar-refractivity contribution >= 4 is 5.91 Å². The molecule has 0 unspecified atom stereocenters. The highest BCUT2D eigenvalue weighted by molar-refractivity contribution is 5.93. The van der Waals surface area contributed by atoms with Crippen LogP contribution in [0.15, 0.2) is 65.2 Å². The lowest BCUT2D eigenvalue weighted by molar-refractivity contribution is 0.0750. The molecule has 28 heavy (non-hydrogen) atoms. The van der Waals surface area contributed by atoms with Crippen LogP contribution in [-0.2, 0) is 6.54 Å². The largest absolute Gasteiger partial charge is 0.355 e. The number of aryl methyl sites for hydroxylation is 1. The highest BCUT2D eigenvalue weighted by Gasteiger charge is 2.23. The van der Waals surface area contributed by atoms with E-state index in [1.54, 1.807) is 6.07 Å². The average Bonchev–Trinajstić information content (AvgIpc) is 3.11. The first-order valence-electron chi connectivity index (χ1n) is 9.79. The molecule has 0 saturated carbocycles. The minimum absolute atomic E-state index is 0.0522. The minimum Gasteiger partial charge on any atom is -0.355 e. The topological polar surface area (TPSA) is 49.6 Å². The predicted molar refractivity (Wildman–Crippen MR) is 109 cm³/mol. The van der Waals surface area contributed by atoms with Gasteiger partial charge in [0.05, 0.1) is 0 Å². The molecule has 1 aromatic heterocycles. The first-order valence-corrected chi connectivity index (χ1v) is 9.79. The molecule has 2 heterocycles. The third kappa shape index (κ3) is 4.15. The summed E-state index contributed by atoms with van der Waals surface area (Å²) in [5.74, 6) is 0.573. The van der Waals surface area contributed by atoms with E-state index in [2.05, 4.69) is 41.2 Å². The van der Waals surface area contributed by atoms with Crippen LogP contribution in [0.25, 0.3) is 11.3 Å². The molecular formula is C23H25N3O2. The van der Waals surface area contributed by atoms with Crippen molar-refractivity contribution in [1.82, 2.24) is 15.0 Å². The molecule has 1 aliphatic heterocycles. The van der Waals surface area contributed by atoms with Gasteiger partial charge in [-0.25, -0.2) is 0 Å². The smallest absolute Gasteiger partial charge is 0.276 e. The van der Waals surface area contributed by atoms with Crippen LogP contribution in [0.3, 0.4) is 0 Å². The van der Waals surface area contributed by atoms with Gasteiger partial charge >= 0.3 is 0 Å². The summed E-state index contributed by atoms with van der Waals surface area (Å²) in [4.78, 5) is 17.2. The summed E-state index contributed by atoms with van der Waals surface area (Å²) in [6.07, 6.45) is 0.959. The number of rotatable bonds is 4. The number of hydrogen-bond donors (Lipinski definition) is 0. The van der Waals surface area contributed by atoms with E-state index in [0.717, 1.165) is 38.2 Å². The van der Waals surface area contributed by atoms with E-state index in [4.69, 9.17) is 4.52 Å². The van der Waals surface area contributed by atoms with Crippen molar-refractivity contribution in [1.29, 1.82) is 0 Å². The molecule has 4 rings (SSSR count). The second-order valence-electron chi connectivity index (χ2n) is 7.29. The van der Waals surface area contributed by atoms with Crippen LogP contribution < -0.4 is 0 Å².